The third kappa shape index (κ3) is 3.40. The van der Waals surface area contributed by atoms with E-state index in [2.05, 4.69) is 0 Å². The van der Waals surface area contributed by atoms with Crippen LogP contribution in [0.3, 0.4) is 0 Å². The highest BCUT2D eigenvalue weighted by Gasteiger charge is 2.34. The predicted octanol–water partition coefficient (Wildman–Crippen LogP) is 4.62. The summed E-state index contributed by atoms with van der Waals surface area (Å²) in [5.41, 5.74) is 0.238. The van der Waals surface area contributed by atoms with E-state index in [0.717, 1.165) is 12.1 Å². The number of amides is 1. The largest absolute Gasteiger partial charge is 0.416 e. The Morgan fingerprint density at radius 1 is 1.08 bits per heavy atom. The van der Waals surface area contributed by atoms with Gasteiger partial charge < -0.3 is 4.90 Å². The number of halogens is 4. The van der Waals surface area contributed by atoms with Gasteiger partial charge in [0.25, 0.3) is 0 Å². The smallest absolute Gasteiger partial charge is 0.321 e. The molecule has 0 aliphatic carbocycles. The van der Waals surface area contributed by atoms with Gasteiger partial charge in [-0.05, 0) is 23.8 Å². The molecule has 7 heteroatoms. The molecule has 24 heavy (non-hydrogen) atoms. The van der Waals surface area contributed by atoms with Gasteiger partial charge in [0.15, 0.2) is 0 Å². The normalized spacial score (nSPS) is 18.2. The lowest BCUT2D eigenvalue weighted by atomic mass is 10.1. The van der Waals surface area contributed by atoms with E-state index in [1.54, 1.807) is 18.2 Å². The first-order valence-corrected chi connectivity index (χ1v) is 8.23. The van der Waals surface area contributed by atoms with Crippen LogP contribution in [0.15, 0.2) is 48.5 Å². The fourth-order valence-electron chi connectivity index (χ4n) is 2.55. The highest BCUT2D eigenvalue weighted by molar-refractivity contribution is 8.00. The number of carbonyl (C=O) groups excluding carboxylic acids is 1. The molecule has 1 saturated heterocycles. The number of thioether (sulfide) groups is 1. The number of hydrogen-bond acceptors (Lipinski definition) is 2. The van der Waals surface area contributed by atoms with Crippen molar-refractivity contribution in [2.45, 2.75) is 18.1 Å². The summed E-state index contributed by atoms with van der Waals surface area (Å²) in [5.74, 6) is -0.346. The lowest BCUT2D eigenvalue weighted by molar-refractivity contribution is -0.137. The summed E-state index contributed by atoms with van der Waals surface area (Å²) in [6, 6.07) is 10.9. The van der Waals surface area contributed by atoms with Crippen LogP contribution < -0.4 is 0 Å². The zero-order chi connectivity index (χ0) is 17.3. The molecule has 2 aromatic rings. The average molecular weight is 355 g/mol. The van der Waals surface area contributed by atoms with Gasteiger partial charge in [-0.25, -0.2) is 4.39 Å². The molecule has 0 spiro atoms. The van der Waals surface area contributed by atoms with E-state index >= 15 is 0 Å². The molecule has 3 rings (SSSR count). The van der Waals surface area contributed by atoms with Gasteiger partial charge in [-0.2, -0.15) is 13.2 Å². The zero-order valence-corrected chi connectivity index (χ0v) is 13.2. The van der Waals surface area contributed by atoms with E-state index in [-0.39, 0.29) is 18.2 Å². The monoisotopic (exact) mass is 355 g/mol. The van der Waals surface area contributed by atoms with Crippen LogP contribution in [0.25, 0.3) is 0 Å². The molecule has 1 amide bonds. The SMILES string of the molecule is O=C1CSC(c2ccc(C(F)(F)F)cc2)N1Cc1ccccc1F. The maximum atomic E-state index is 13.8. The first-order valence-electron chi connectivity index (χ1n) is 7.18. The van der Waals surface area contributed by atoms with E-state index in [0.29, 0.717) is 11.1 Å². The Morgan fingerprint density at radius 3 is 2.38 bits per heavy atom. The van der Waals surface area contributed by atoms with Gasteiger partial charge >= 0.3 is 6.18 Å². The Kier molecular flexibility index (Phi) is 4.54. The lowest BCUT2D eigenvalue weighted by Crippen LogP contribution is -2.28. The molecule has 1 fully saturated rings. The minimum absolute atomic E-state index is 0.0875. The second-order valence-corrected chi connectivity index (χ2v) is 6.46. The van der Waals surface area contributed by atoms with Gasteiger partial charge in [-0.1, -0.05) is 30.3 Å². The van der Waals surface area contributed by atoms with Crippen LogP contribution in [-0.2, 0) is 17.5 Å². The molecule has 0 aromatic heterocycles. The van der Waals surface area contributed by atoms with Crippen LogP contribution in [0.1, 0.15) is 22.1 Å². The van der Waals surface area contributed by atoms with Crippen LogP contribution in [0, 0.1) is 5.82 Å². The van der Waals surface area contributed by atoms with Gasteiger partial charge in [0.1, 0.15) is 11.2 Å². The van der Waals surface area contributed by atoms with Crippen LogP contribution in [0.4, 0.5) is 17.6 Å². The molecule has 1 aliphatic heterocycles. The molecule has 0 N–H and O–H groups in total. The average Bonchev–Trinajstić information content (AvgIpc) is 2.90. The fourth-order valence-corrected chi connectivity index (χ4v) is 3.74. The minimum atomic E-state index is -4.40. The molecule has 0 saturated carbocycles. The van der Waals surface area contributed by atoms with Crippen molar-refractivity contribution in [2.24, 2.45) is 0 Å². The Bertz CT molecular complexity index is 745. The predicted molar refractivity (Wildman–Crippen MR) is 83.6 cm³/mol. The molecule has 126 valence electrons. The van der Waals surface area contributed by atoms with E-state index < -0.39 is 22.9 Å². The number of rotatable bonds is 3. The first kappa shape index (κ1) is 16.8. The van der Waals surface area contributed by atoms with Gasteiger partial charge in [0, 0.05) is 12.1 Å². The molecule has 2 aromatic carbocycles. The summed E-state index contributed by atoms with van der Waals surface area (Å²) in [6.45, 7) is 0.0875. The summed E-state index contributed by atoms with van der Waals surface area (Å²) in [4.78, 5) is 13.6. The van der Waals surface area contributed by atoms with Crippen molar-refractivity contribution in [2.75, 3.05) is 5.75 Å². The van der Waals surface area contributed by atoms with Crippen molar-refractivity contribution < 1.29 is 22.4 Å². The van der Waals surface area contributed by atoms with Crippen LogP contribution in [0.5, 0.6) is 0 Å². The summed E-state index contributed by atoms with van der Waals surface area (Å²) in [7, 11) is 0. The van der Waals surface area contributed by atoms with Gasteiger partial charge in [0.05, 0.1) is 11.3 Å². The fraction of sp³-hybridized carbons (Fsp3) is 0.235. The molecule has 0 bridgehead atoms. The molecule has 0 radical (unpaired) electrons. The third-order valence-electron chi connectivity index (χ3n) is 3.79. The van der Waals surface area contributed by atoms with E-state index in [4.69, 9.17) is 0 Å². The van der Waals surface area contributed by atoms with Crippen molar-refractivity contribution in [3.63, 3.8) is 0 Å². The van der Waals surface area contributed by atoms with Gasteiger partial charge in [-0.3, -0.25) is 4.79 Å². The van der Waals surface area contributed by atoms with Crippen molar-refractivity contribution in [1.82, 2.24) is 4.90 Å². The van der Waals surface area contributed by atoms with Crippen LogP contribution >= 0.6 is 11.8 Å². The van der Waals surface area contributed by atoms with E-state index in [1.807, 2.05) is 0 Å². The Morgan fingerprint density at radius 2 is 1.75 bits per heavy atom. The van der Waals surface area contributed by atoms with Crippen molar-refractivity contribution in [3.8, 4) is 0 Å². The number of nitrogens with zero attached hydrogens (tertiary/aromatic N) is 1. The van der Waals surface area contributed by atoms with Crippen molar-refractivity contribution >= 4 is 17.7 Å². The highest BCUT2D eigenvalue weighted by Crippen LogP contribution is 2.40. The Labute approximate surface area is 140 Å². The van der Waals surface area contributed by atoms with Gasteiger partial charge in [-0.15, -0.1) is 11.8 Å². The topological polar surface area (TPSA) is 20.3 Å². The maximum absolute atomic E-state index is 13.8. The second kappa shape index (κ2) is 6.47. The lowest BCUT2D eigenvalue weighted by Gasteiger charge is -2.24. The summed E-state index contributed by atoms with van der Waals surface area (Å²) in [5, 5.41) is -0.417. The molecule has 1 atom stereocenters. The Hall–Kier alpha value is -2.02. The molecule has 1 heterocycles. The van der Waals surface area contributed by atoms with Crippen molar-refractivity contribution in [3.05, 3.63) is 71.0 Å². The summed E-state index contributed by atoms with van der Waals surface area (Å²) in [6.07, 6.45) is -4.40. The molecule has 2 nitrogen and oxygen atoms in total. The standard InChI is InChI=1S/C17H13F4NOS/c18-14-4-2-1-3-12(14)9-22-15(23)10-24-16(22)11-5-7-13(8-6-11)17(19,20)21/h1-8,16H,9-10H2. The first-order chi connectivity index (χ1) is 11.4. The maximum Gasteiger partial charge on any atom is 0.416 e. The molecule has 1 aliphatic rings. The van der Waals surface area contributed by atoms with Crippen LogP contribution in [0.2, 0.25) is 0 Å². The molecule has 1 unspecified atom stereocenters. The summed E-state index contributed by atoms with van der Waals surface area (Å²) >= 11 is 1.32. The molecular formula is C17H13F4NOS. The number of hydrogen-bond donors (Lipinski definition) is 0. The summed E-state index contributed by atoms with van der Waals surface area (Å²) < 4.78 is 51.8. The second-order valence-electron chi connectivity index (χ2n) is 5.40. The van der Waals surface area contributed by atoms with Crippen LogP contribution in [-0.4, -0.2) is 16.6 Å². The van der Waals surface area contributed by atoms with Gasteiger partial charge in [0.2, 0.25) is 5.91 Å². The van der Waals surface area contributed by atoms with Crippen molar-refractivity contribution in [1.29, 1.82) is 0 Å². The molecular weight excluding hydrogens is 342 g/mol. The highest BCUT2D eigenvalue weighted by atomic mass is 32.2. The number of carbonyl (C=O) groups is 1. The minimum Gasteiger partial charge on any atom is -0.321 e. The number of benzene rings is 2. The zero-order valence-electron chi connectivity index (χ0n) is 12.4. The van der Waals surface area contributed by atoms with E-state index in [1.165, 1.54) is 34.9 Å². The Balaban J connectivity index is 1.84. The quantitative estimate of drug-likeness (QED) is 0.749. The van der Waals surface area contributed by atoms with E-state index in [9.17, 15) is 22.4 Å². The third-order valence-corrected chi connectivity index (χ3v) is 5.05. The number of alkyl halides is 3.